The second-order valence-electron chi connectivity index (χ2n) is 2.34. The van der Waals surface area contributed by atoms with Crippen LogP contribution in [0.5, 0.6) is 0 Å². The van der Waals surface area contributed by atoms with E-state index in [0.717, 1.165) is 17.1 Å². The van der Waals surface area contributed by atoms with E-state index in [1.165, 1.54) is 0 Å². The van der Waals surface area contributed by atoms with Gasteiger partial charge in [0.25, 0.3) is 0 Å². The first-order valence-corrected chi connectivity index (χ1v) is 3.55. The average Bonchev–Trinajstić information content (AvgIpc) is 2.04. The van der Waals surface area contributed by atoms with E-state index in [9.17, 15) is 0 Å². The van der Waals surface area contributed by atoms with E-state index in [1.54, 1.807) is 6.08 Å². The van der Waals surface area contributed by atoms with E-state index in [4.69, 9.17) is 0 Å². The predicted octanol–water partition coefficient (Wildman–Crippen LogP) is 2.07. The number of hydrogen-bond donors (Lipinski definition) is 1. The number of pyridine rings is 1. The number of aromatic nitrogens is 1. The molecule has 0 unspecified atom stereocenters. The topological polar surface area (TPSA) is 24.9 Å². The Bertz CT molecular complexity index is 266. The van der Waals surface area contributed by atoms with E-state index in [1.807, 2.05) is 26.1 Å². The van der Waals surface area contributed by atoms with E-state index in [-0.39, 0.29) is 0 Å². The largest absolute Gasteiger partial charge is 0.373 e. The summed E-state index contributed by atoms with van der Waals surface area (Å²) in [6.07, 6.45) is 1.79. The first-order valence-electron chi connectivity index (χ1n) is 3.55. The first-order chi connectivity index (χ1) is 5.27. The number of rotatable bonds is 2. The van der Waals surface area contributed by atoms with Gasteiger partial charge in [0.15, 0.2) is 0 Å². The molecule has 0 amide bonds. The quantitative estimate of drug-likeness (QED) is 0.694. The molecular formula is C9H12N2. The molecule has 0 atom stereocenters. The van der Waals surface area contributed by atoms with Crippen molar-refractivity contribution in [3.05, 3.63) is 30.0 Å². The zero-order chi connectivity index (χ0) is 8.27. The predicted molar refractivity (Wildman–Crippen MR) is 48.6 cm³/mol. The van der Waals surface area contributed by atoms with Crippen molar-refractivity contribution in [2.75, 3.05) is 12.4 Å². The fourth-order valence-electron chi connectivity index (χ4n) is 0.932. The lowest BCUT2D eigenvalue weighted by atomic mass is 10.2. The summed E-state index contributed by atoms with van der Waals surface area (Å²) < 4.78 is 0. The molecule has 2 heteroatoms. The summed E-state index contributed by atoms with van der Waals surface area (Å²) in [7, 11) is 1.86. The fraction of sp³-hybridized carbons (Fsp3) is 0.222. The monoisotopic (exact) mass is 148 g/mol. The number of nitrogens with one attached hydrogen (secondary N) is 1. The van der Waals surface area contributed by atoms with Gasteiger partial charge in [-0.3, -0.25) is 0 Å². The van der Waals surface area contributed by atoms with Gasteiger partial charge in [-0.25, -0.2) is 4.98 Å². The molecule has 0 fully saturated rings. The highest BCUT2D eigenvalue weighted by molar-refractivity contribution is 5.61. The molecule has 0 saturated heterocycles. The van der Waals surface area contributed by atoms with Crippen molar-refractivity contribution < 1.29 is 0 Å². The van der Waals surface area contributed by atoms with Crippen molar-refractivity contribution in [3.63, 3.8) is 0 Å². The van der Waals surface area contributed by atoms with Crippen molar-refractivity contribution >= 4 is 11.9 Å². The van der Waals surface area contributed by atoms with Crippen LogP contribution in [0, 0.1) is 6.92 Å². The van der Waals surface area contributed by atoms with Gasteiger partial charge in [-0.2, -0.15) is 0 Å². The van der Waals surface area contributed by atoms with Crippen LogP contribution in [0.3, 0.4) is 0 Å². The van der Waals surface area contributed by atoms with Crippen LogP contribution in [-0.4, -0.2) is 12.0 Å². The Morgan fingerprint density at radius 1 is 1.55 bits per heavy atom. The normalized spacial score (nSPS) is 9.27. The molecular weight excluding hydrogens is 136 g/mol. The van der Waals surface area contributed by atoms with Gasteiger partial charge in [0.05, 0.1) is 0 Å². The Balaban J connectivity index is 3.16. The molecule has 58 valence electrons. The van der Waals surface area contributed by atoms with Gasteiger partial charge in [-0.1, -0.05) is 12.7 Å². The molecule has 1 aromatic heterocycles. The highest BCUT2D eigenvalue weighted by Gasteiger charge is 1.96. The minimum atomic E-state index is 0.889. The molecule has 1 heterocycles. The van der Waals surface area contributed by atoms with Gasteiger partial charge in [-0.05, 0) is 19.1 Å². The molecule has 0 saturated carbocycles. The summed E-state index contributed by atoms with van der Waals surface area (Å²) in [5, 5.41) is 3.00. The minimum Gasteiger partial charge on any atom is -0.373 e. The molecule has 1 aromatic rings. The van der Waals surface area contributed by atoms with Crippen molar-refractivity contribution in [2.24, 2.45) is 0 Å². The minimum absolute atomic E-state index is 0.889. The van der Waals surface area contributed by atoms with Gasteiger partial charge in [-0.15, -0.1) is 0 Å². The average molecular weight is 148 g/mol. The van der Waals surface area contributed by atoms with Gasteiger partial charge in [0.1, 0.15) is 5.82 Å². The number of nitrogens with zero attached hydrogens (tertiary/aromatic N) is 1. The third-order valence-electron chi connectivity index (χ3n) is 1.52. The summed E-state index contributed by atoms with van der Waals surface area (Å²) in [6.45, 7) is 5.66. The number of anilines is 1. The van der Waals surface area contributed by atoms with E-state index >= 15 is 0 Å². The van der Waals surface area contributed by atoms with Crippen molar-refractivity contribution in [1.29, 1.82) is 0 Å². The highest BCUT2D eigenvalue weighted by atomic mass is 15.0. The van der Waals surface area contributed by atoms with Crippen molar-refractivity contribution in [1.82, 2.24) is 4.98 Å². The van der Waals surface area contributed by atoms with Crippen LogP contribution in [-0.2, 0) is 0 Å². The zero-order valence-corrected chi connectivity index (χ0v) is 6.89. The van der Waals surface area contributed by atoms with Crippen LogP contribution < -0.4 is 5.32 Å². The maximum absolute atomic E-state index is 4.28. The van der Waals surface area contributed by atoms with Crippen molar-refractivity contribution in [2.45, 2.75) is 6.92 Å². The molecule has 11 heavy (non-hydrogen) atoms. The molecule has 0 radical (unpaired) electrons. The summed E-state index contributed by atoms with van der Waals surface area (Å²) in [5.41, 5.74) is 2.05. The Kier molecular flexibility index (Phi) is 2.26. The summed E-state index contributed by atoms with van der Waals surface area (Å²) >= 11 is 0. The fourth-order valence-corrected chi connectivity index (χ4v) is 0.932. The third kappa shape index (κ3) is 1.58. The summed E-state index contributed by atoms with van der Waals surface area (Å²) in [6, 6.07) is 3.97. The number of aryl methyl sites for hydroxylation is 1. The van der Waals surface area contributed by atoms with Gasteiger partial charge in [0, 0.05) is 18.3 Å². The maximum Gasteiger partial charge on any atom is 0.133 e. The van der Waals surface area contributed by atoms with Crippen LogP contribution in [0.25, 0.3) is 6.08 Å². The summed E-state index contributed by atoms with van der Waals surface area (Å²) in [4.78, 5) is 4.28. The smallest absolute Gasteiger partial charge is 0.133 e. The van der Waals surface area contributed by atoms with Gasteiger partial charge >= 0.3 is 0 Å². The lowest BCUT2D eigenvalue weighted by Crippen LogP contribution is -1.96. The van der Waals surface area contributed by atoms with Crippen LogP contribution in [0.4, 0.5) is 5.82 Å². The van der Waals surface area contributed by atoms with E-state index < -0.39 is 0 Å². The molecule has 0 aliphatic rings. The Hall–Kier alpha value is -1.31. The number of hydrogen-bond acceptors (Lipinski definition) is 2. The highest BCUT2D eigenvalue weighted by Crippen LogP contribution is 2.12. The molecule has 0 bridgehead atoms. The third-order valence-corrected chi connectivity index (χ3v) is 1.52. The molecule has 0 spiro atoms. The molecule has 2 nitrogen and oxygen atoms in total. The van der Waals surface area contributed by atoms with Crippen LogP contribution in [0.15, 0.2) is 18.7 Å². The van der Waals surface area contributed by atoms with Crippen LogP contribution >= 0.6 is 0 Å². The lowest BCUT2D eigenvalue weighted by molar-refractivity contribution is 1.18. The van der Waals surface area contributed by atoms with Crippen molar-refractivity contribution in [3.8, 4) is 0 Å². The molecule has 0 aromatic carbocycles. The molecule has 0 aliphatic carbocycles. The van der Waals surface area contributed by atoms with Gasteiger partial charge < -0.3 is 5.32 Å². The molecule has 1 N–H and O–H groups in total. The summed E-state index contributed by atoms with van der Waals surface area (Å²) in [5.74, 6) is 0.889. The maximum atomic E-state index is 4.28. The van der Waals surface area contributed by atoms with Crippen LogP contribution in [0.1, 0.15) is 11.3 Å². The Morgan fingerprint density at radius 2 is 2.27 bits per heavy atom. The van der Waals surface area contributed by atoms with Gasteiger partial charge in [0.2, 0.25) is 0 Å². The van der Waals surface area contributed by atoms with E-state index in [0.29, 0.717) is 0 Å². The standard InChI is InChI=1S/C9H12N2/c1-4-8-6-5-7(2)11-9(8)10-3/h4-6H,1H2,2-3H3,(H,10,11). The Morgan fingerprint density at radius 3 is 2.82 bits per heavy atom. The van der Waals surface area contributed by atoms with E-state index in [2.05, 4.69) is 16.9 Å². The van der Waals surface area contributed by atoms with Crippen LogP contribution in [0.2, 0.25) is 0 Å². The second kappa shape index (κ2) is 3.19. The SMILES string of the molecule is C=Cc1ccc(C)nc1NC. The second-order valence-corrected chi connectivity index (χ2v) is 2.34. The zero-order valence-electron chi connectivity index (χ0n) is 6.89. The first kappa shape index (κ1) is 7.79. The lowest BCUT2D eigenvalue weighted by Gasteiger charge is -2.03. The Labute approximate surface area is 67.0 Å². The molecule has 0 aliphatic heterocycles. The molecule has 1 rings (SSSR count).